The zero-order chi connectivity index (χ0) is 11.6. The molecule has 1 heterocycles. The Balaban J connectivity index is 1.99. The normalized spacial score (nSPS) is 12.2. The lowest BCUT2D eigenvalue weighted by molar-refractivity contribution is 0.452. The van der Waals surface area contributed by atoms with Crippen molar-refractivity contribution in [2.45, 2.75) is 45.2 Å². The Morgan fingerprint density at radius 3 is 3.06 bits per heavy atom. The summed E-state index contributed by atoms with van der Waals surface area (Å²) in [6, 6.07) is 0.509. The van der Waals surface area contributed by atoms with E-state index < -0.39 is 0 Å². The summed E-state index contributed by atoms with van der Waals surface area (Å²) in [6.45, 7) is 4.15. The van der Waals surface area contributed by atoms with Crippen LogP contribution in [0.25, 0.3) is 0 Å². The van der Waals surface area contributed by atoms with Crippen LogP contribution in [0.3, 0.4) is 0 Å². The van der Waals surface area contributed by atoms with E-state index in [1.165, 1.54) is 0 Å². The topological polar surface area (TPSA) is 42.7 Å². The van der Waals surface area contributed by atoms with E-state index in [-0.39, 0.29) is 0 Å². The minimum absolute atomic E-state index is 0.509. The lowest BCUT2D eigenvalue weighted by atomic mass is 10.2. The third-order valence-corrected chi connectivity index (χ3v) is 2.50. The van der Waals surface area contributed by atoms with Gasteiger partial charge in [0.2, 0.25) is 0 Å². The van der Waals surface area contributed by atoms with Gasteiger partial charge in [0.05, 0.1) is 0 Å². The summed E-state index contributed by atoms with van der Waals surface area (Å²) in [7, 11) is 0. The molecule has 4 heteroatoms. The standard InChI is InChI=1S/C12H20N4/c1-3-4-5-6-8-14-12(2)7-9-16-11-13-10-15-16/h1,10-12,14H,4-9H2,2H3. The molecule has 1 unspecified atom stereocenters. The molecule has 0 aliphatic rings. The Labute approximate surface area is 97.5 Å². The Hall–Kier alpha value is -1.34. The van der Waals surface area contributed by atoms with Crippen molar-refractivity contribution in [1.29, 1.82) is 0 Å². The average Bonchev–Trinajstić information content (AvgIpc) is 2.79. The molecule has 4 nitrogen and oxygen atoms in total. The van der Waals surface area contributed by atoms with E-state index in [2.05, 4.69) is 28.2 Å². The van der Waals surface area contributed by atoms with Crippen LogP contribution in [0.1, 0.15) is 32.6 Å². The number of aryl methyl sites for hydroxylation is 1. The number of nitrogens with zero attached hydrogens (tertiary/aromatic N) is 3. The van der Waals surface area contributed by atoms with Gasteiger partial charge < -0.3 is 5.32 Å². The van der Waals surface area contributed by atoms with Crippen LogP contribution in [0.4, 0.5) is 0 Å². The summed E-state index contributed by atoms with van der Waals surface area (Å²) >= 11 is 0. The first-order valence-electron chi connectivity index (χ1n) is 5.82. The molecule has 1 aromatic rings. The maximum Gasteiger partial charge on any atom is 0.137 e. The van der Waals surface area contributed by atoms with Crippen LogP contribution in [0.15, 0.2) is 12.7 Å². The van der Waals surface area contributed by atoms with E-state index in [4.69, 9.17) is 6.42 Å². The summed E-state index contributed by atoms with van der Waals surface area (Å²) in [6.07, 6.45) is 12.7. The number of hydrogen-bond donors (Lipinski definition) is 1. The Bertz CT molecular complexity index is 299. The molecule has 1 rings (SSSR count). The van der Waals surface area contributed by atoms with Gasteiger partial charge in [-0.05, 0) is 32.7 Å². The van der Waals surface area contributed by atoms with Crippen LogP contribution < -0.4 is 5.32 Å². The van der Waals surface area contributed by atoms with E-state index in [1.807, 2.05) is 4.68 Å². The van der Waals surface area contributed by atoms with Gasteiger partial charge in [0.25, 0.3) is 0 Å². The quantitative estimate of drug-likeness (QED) is 0.532. The van der Waals surface area contributed by atoms with E-state index >= 15 is 0 Å². The average molecular weight is 220 g/mol. The van der Waals surface area contributed by atoms with Crippen molar-refractivity contribution in [3.8, 4) is 12.3 Å². The van der Waals surface area contributed by atoms with Gasteiger partial charge in [-0.25, -0.2) is 4.98 Å². The highest BCUT2D eigenvalue weighted by atomic mass is 15.3. The van der Waals surface area contributed by atoms with Gasteiger partial charge in [-0.1, -0.05) is 0 Å². The molecular weight excluding hydrogens is 200 g/mol. The number of terminal acetylenes is 1. The number of hydrogen-bond acceptors (Lipinski definition) is 3. The zero-order valence-corrected chi connectivity index (χ0v) is 9.89. The van der Waals surface area contributed by atoms with E-state index in [9.17, 15) is 0 Å². The second-order valence-corrected chi connectivity index (χ2v) is 3.96. The lowest BCUT2D eigenvalue weighted by Gasteiger charge is -2.13. The second-order valence-electron chi connectivity index (χ2n) is 3.96. The summed E-state index contributed by atoms with van der Waals surface area (Å²) in [5.74, 6) is 2.65. The first kappa shape index (κ1) is 12.7. The molecule has 0 saturated carbocycles. The highest BCUT2D eigenvalue weighted by Gasteiger charge is 2.01. The third kappa shape index (κ3) is 5.52. The van der Waals surface area contributed by atoms with Crippen LogP contribution in [-0.4, -0.2) is 27.4 Å². The van der Waals surface area contributed by atoms with E-state index in [0.29, 0.717) is 6.04 Å². The van der Waals surface area contributed by atoms with Gasteiger partial charge in [-0.15, -0.1) is 12.3 Å². The van der Waals surface area contributed by atoms with Crippen molar-refractivity contribution in [2.75, 3.05) is 6.54 Å². The van der Waals surface area contributed by atoms with E-state index in [1.54, 1.807) is 12.7 Å². The third-order valence-electron chi connectivity index (χ3n) is 2.50. The van der Waals surface area contributed by atoms with Crippen LogP contribution >= 0.6 is 0 Å². The molecule has 0 bridgehead atoms. The molecule has 88 valence electrons. The number of rotatable bonds is 8. The van der Waals surface area contributed by atoms with Crippen molar-refractivity contribution < 1.29 is 0 Å². The highest BCUT2D eigenvalue weighted by Crippen LogP contribution is 1.96. The van der Waals surface area contributed by atoms with Gasteiger partial charge in [0, 0.05) is 19.0 Å². The zero-order valence-electron chi connectivity index (χ0n) is 9.89. The Kier molecular flexibility index (Phi) is 6.28. The van der Waals surface area contributed by atoms with Crippen LogP contribution in [0.2, 0.25) is 0 Å². The SMILES string of the molecule is C#CCCCCNC(C)CCn1cncn1. The molecule has 0 radical (unpaired) electrons. The monoisotopic (exact) mass is 220 g/mol. The molecular formula is C12H20N4. The summed E-state index contributed by atoms with van der Waals surface area (Å²) in [5.41, 5.74) is 0. The number of aromatic nitrogens is 3. The summed E-state index contributed by atoms with van der Waals surface area (Å²) in [5, 5.41) is 7.54. The number of unbranched alkanes of at least 4 members (excludes halogenated alkanes) is 2. The smallest absolute Gasteiger partial charge is 0.137 e. The van der Waals surface area contributed by atoms with Crippen LogP contribution in [0, 0.1) is 12.3 Å². The lowest BCUT2D eigenvalue weighted by Crippen LogP contribution is -2.28. The first-order valence-corrected chi connectivity index (χ1v) is 5.82. The van der Waals surface area contributed by atoms with Gasteiger partial charge in [0.15, 0.2) is 0 Å². The molecule has 16 heavy (non-hydrogen) atoms. The maximum absolute atomic E-state index is 5.19. The van der Waals surface area contributed by atoms with Crippen molar-refractivity contribution in [2.24, 2.45) is 0 Å². The second kappa shape index (κ2) is 7.89. The Morgan fingerprint density at radius 1 is 1.50 bits per heavy atom. The fraction of sp³-hybridized carbons (Fsp3) is 0.667. The van der Waals surface area contributed by atoms with Crippen molar-refractivity contribution in [3.05, 3.63) is 12.7 Å². The first-order chi connectivity index (χ1) is 7.83. The van der Waals surface area contributed by atoms with Crippen molar-refractivity contribution in [1.82, 2.24) is 20.1 Å². The molecule has 0 spiro atoms. The largest absolute Gasteiger partial charge is 0.314 e. The van der Waals surface area contributed by atoms with Gasteiger partial charge in [-0.3, -0.25) is 4.68 Å². The Morgan fingerprint density at radius 2 is 2.38 bits per heavy atom. The number of nitrogens with one attached hydrogen (secondary N) is 1. The molecule has 1 N–H and O–H groups in total. The van der Waals surface area contributed by atoms with E-state index in [0.717, 1.165) is 38.8 Å². The minimum atomic E-state index is 0.509. The van der Waals surface area contributed by atoms with Gasteiger partial charge in [0.1, 0.15) is 12.7 Å². The summed E-state index contributed by atoms with van der Waals surface area (Å²) < 4.78 is 1.86. The predicted molar refractivity (Wildman–Crippen MR) is 64.8 cm³/mol. The molecule has 0 aromatic carbocycles. The molecule has 1 aromatic heterocycles. The molecule has 1 atom stereocenters. The summed E-state index contributed by atoms with van der Waals surface area (Å²) in [4.78, 5) is 3.91. The molecule has 0 aliphatic carbocycles. The van der Waals surface area contributed by atoms with Crippen molar-refractivity contribution in [3.63, 3.8) is 0 Å². The fourth-order valence-corrected chi connectivity index (χ4v) is 1.48. The van der Waals surface area contributed by atoms with Crippen LogP contribution in [0.5, 0.6) is 0 Å². The molecule has 0 saturated heterocycles. The minimum Gasteiger partial charge on any atom is -0.314 e. The predicted octanol–water partition coefficient (Wildman–Crippen LogP) is 1.45. The van der Waals surface area contributed by atoms with Crippen LogP contribution in [-0.2, 0) is 6.54 Å². The highest BCUT2D eigenvalue weighted by molar-refractivity contribution is 4.82. The van der Waals surface area contributed by atoms with Gasteiger partial charge >= 0.3 is 0 Å². The molecule has 0 amide bonds. The molecule has 0 fully saturated rings. The maximum atomic E-state index is 5.19. The molecule has 0 aliphatic heterocycles. The van der Waals surface area contributed by atoms with Gasteiger partial charge in [-0.2, -0.15) is 5.10 Å². The van der Waals surface area contributed by atoms with Crippen molar-refractivity contribution >= 4 is 0 Å². The fourth-order valence-electron chi connectivity index (χ4n) is 1.48.